The quantitative estimate of drug-likeness (QED) is 0.649. The molecule has 98 valence electrons. The van der Waals surface area contributed by atoms with E-state index in [9.17, 15) is 18.0 Å². The van der Waals surface area contributed by atoms with Gasteiger partial charge in [0.05, 0.1) is 6.04 Å². The monoisotopic (exact) mass is 258 g/mol. The molecule has 1 aliphatic rings. The number of benzene rings is 1. The van der Waals surface area contributed by atoms with E-state index in [0.29, 0.717) is 37.8 Å². The number of hydrazine groups is 1. The zero-order valence-electron chi connectivity index (χ0n) is 9.57. The molecule has 1 aliphatic heterocycles. The Bertz CT molecular complexity index is 444. The van der Waals surface area contributed by atoms with Crippen LogP contribution in [0, 0.1) is 17.5 Å². The van der Waals surface area contributed by atoms with Crippen molar-refractivity contribution in [2.45, 2.75) is 24.8 Å². The second-order valence-electron chi connectivity index (χ2n) is 4.40. The molecule has 2 atom stereocenters. The van der Waals surface area contributed by atoms with E-state index in [1.807, 2.05) is 0 Å². The summed E-state index contributed by atoms with van der Waals surface area (Å²) < 4.78 is 40.2. The second-order valence-corrected chi connectivity index (χ2v) is 4.40. The van der Waals surface area contributed by atoms with Crippen molar-refractivity contribution in [1.82, 2.24) is 5.01 Å². The molecule has 0 spiro atoms. The lowest BCUT2D eigenvalue weighted by molar-refractivity contribution is -0.114. The van der Waals surface area contributed by atoms with Crippen LogP contribution in [0.3, 0.4) is 0 Å². The van der Waals surface area contributed by atoms with E-state index in [-0.39, 0.29) is 5.56 Å². The van der Waals surface area contributed by atoms with Gasteiger partial charge in [0.2, 0.25) is 0 Å². The summed E-state index contributed by atoms with van der Waals surface area (Å²) in [6, 6.07) is 0.457. The van der Waals surface area contributed by atoms with Gasteiger partial charge in [-0.05, 0) is 12.8 Å². The fourth-order valence-electron chi connectivity index (χ4n) is 2.44. The summed E-state index contributed by atoms with van der Waals surface area (Å²) in [4.78, 5) is 11.0. The molecule has 0 radical (unpaired) electrons. The van der Waals surface area contributed by atoms with Crippen molar-refractivity contribution in [3.63, 3.8) is 0 Å². The van der Waals surface area contributed by atoms with Gasteiger partial charge in [-0.25, -0.2) is 18.2 Å². The van der Waals surface area contributed by atoms with Crippen LogP contribution in [0.5, 0.6) is 0 Å². The molecule has 1 saturated heterocycles. The van der Waals surface area contributed by atoms with Crippen LogP contribution in [0.25, 0.3) is 0 Å². The molecule has 1 aromatic carbocycles. The Labute approximate surface area is 102 Å². The molecule has 2 unspecified atom stereocenters. The SMILES string of the molecule is NN1CCCC(c2c(F)cc(F)cc2F)C1C=O. The predicted octanol–water partition coefficient (Wildman–Crippen LogP) is 1.72. The van der Waals surface area contributed by atoms with E-state index in [0.717, 1.165) is 0 Å². The summed E-state index contributed by atoms with van der Waals surface area (Å²) in [5.74, 6) is 2.03. The van der Waals surface area contributed by atoms with Gasteiger partial charge in [0.15, 0.2) is 0 Å². The highest BCUT2D eigenvalue weighted by molar-refractivity contribution is 5.60. The highest BCUT2D eigenvalue weighted by Gasteiger charge is 2.34. The summed E-state index contributed by atoms with van der Waals surface area (Å²) in [6.45, 7) is 0.490. The minimum absolute atomic E-state index is 0.261. The maximum atomic E-state index is 13.7. The molecule has 2 rings (SSSR count). The van der Waals surface area contributed by atoms with Crippen molar-refractivity contribution in [3.8, 4) is 0 Å². The highest BCUT2D eigenvalue weighted by Crippen LogP contribution is 2.34. The summed E-state index contributed by atoms with van der Waals surface area (Å²) in [5.41, 5.74) is -0.261. The molecular formula is C12H13F3N2O. The number of nitrogens with zero attached hydrogens (tertiary/aromatic N) is 1. The number of carbonyl (C=O) groups is 1. The van der Waals surface area contributed by atoms with Gasteiger partial charge in [-0.3, -0.25) is 5.84 Å². The van der Waals surface area contributed by atoms with Crippen molar-refractivity contribution in [1.29, 1.82) is 0 Å². The summed E-state index contributed by atoms with van der Waals surface area (Å²) in [7, 11) is 0. The normalized spacial score (nSPS) is 25.1. The Balaban J connectivity index is 2.43. The molecule has 18 heavy (non-hydrogen) atoms. The molecule has 3 nitrogen and oxygen atoms in total. The van der Waals surface area contributed by atoms with Crippen LogP contribution in [0.4, 0.5) is 13.2 Å². The number of hydrogen-bond acceptors (Lipinski definition) is 3. The minimum Gasteiger partial charge on any atom is -0.302 e. The van der Waals surface area contributed by atoms with E-state index in [2.05, 4.69) is 0 Å². The number of halogens is 3. The fraction of sp³-hybridized carbons (Fsp3) is 0.417. The van der Waals surface area contributed by atoms with Crippen molar-refractivity contribution in [2.75, 3.05) is 6.54 Å². The first-order valence-corrected chi connectivity index (χ1v) is 5.65. The van der Waals surface area contributed by atoms with Crippen LogP contribution >= 0.6 is 0 Å². The Morgan fingerprint density at radius 2 is 1.89 bits per heavy atom. The van der Waals surface area contributed by atoms with Gasteiger partial charge in [0.25, 0.3) is 0 Å². The maximum absolute atomic E-state index is 13.7. The molecule has 0 aromatic heterocycles. The zero-order valence-corrected chi connectivity index (χ0v) is 9.57. The summed E-state index contributed by atoms with van der Waals surface area (Å²) in [6.07, 6.45) is 1.64. The lowest BCUT2D eigenvalue weighted by Gasteiger charge is -2.35. The van der Waals surface area contributed by atoms with Crippen molar-refractivity contribution in [3.05, 3.63) is 35.1 Å². The number of carbonyl (C=O) groups excluding carboxylic acids is 1. The van der Waals surface area contributed by atoms with E-state index >= 15 is 0 Å². The Morgan fingerprint density at radius 3 is 2.44 bits per heavy atom. The number of hydrogen-bond donors (Lipinski definition) is 1. The first kappa shape index (κ1) is 13.0. The van der Waals surface area contributed by atoms with Crippen LogP contribution in [-0.4, -0.2) is 23.9 Å². The van der Waals surface area contributed by atoms with Gasteiger partial charge >= 0.3 is 0 Å². The average molecular weight is 258 g/mol. The molecule has 2 N–H and O–H groups in total. The third-order valence-electron chi connectivity index (χ3n) is 3.28. The standard InChI is InChI=1S/C12H13F3N2O/c13-7-4-9(14)12(10(15)5-7)8-2-1-3-17(16)11(8)6-18/h4-6,8,11H,1-3,16H2. The molecule has 0 bridgehead atoms. The Morgan fingerprint density at radius 1 is 1.28 bits per heavy atom. The van der Waals surface area contributed by atoms with Gasteiger partial charge in [0, 0.05) is 30.2 Å². The third-order valence-corrected chi connectivity index (χ3v) is 3.28. The van der Waals surface area contributed by atoms with E-state index < -0.39 is 29.4 Å². The number of piperidine rings is 1. The fourth-order valence-corrected chi connectivity index (χ4v) is 2.44. The van der Waals surface area contributed by atoms with E-state index in [1.54, 1.807) is 0 Å². The largest absolute Gasteiger partial charge is 0.302 e. The Kier molecular flexibility index (Phi) is 3.68. The summed E-state index contributed by atoms with van der Waals surface area (Å²) in [5, 5.41) is 1.27. The van der Waals surface area contributed by atoms with Gasteiger partial charge in [-0.15, -0.1) is 0 Å². The third kappa shape index (κ3) is 2.26. The maximum Gasteiger partial charge on any atom is 0.139 e. The smallest absolute Gasteiger partial charge is 0.139 e. The number of rotatable bonds is 2. The lowest BCUT2D eigenvalue weighted by Crippen LogP contribution is -2.49. The lowest BCUT2D eigenvalue weighted by atomic mass is 9.84. The molecule has 1 fully saturated rings. The van der Waals surface area contributed by atoms with Gasteiger partial charge < -0.3 is 4.79 Å². The van der Waals surface area contributed by atoms with E-state index in [1.165, 1.54) is 5.01 Å². The molecule has 1 heterocycles. The van der Waals surface area contributed by atoms with Crippen molar-refractivity contribution >= 4 is 6.29 Å². The van der Waals surface area contributed by atoms with Crippen LogP contribution in [0.1, 0.15) is 24.3 Å². The van der Waals surface area contributed by atoms with Crippen molar-refractivity contribution < 1.29 is 18.0 Å². The highest BCUT2D eigenvalue weighted by atomic mass is 19.1. The topological polar surface area (TPSA) is 46.3 Å². The first-order chi connectivity index (χ1) is 8.54. The predicted molar refractivity (Wildman–Crippen MR) is 59.0 cm³/mol. The zero-order chi connectivity index (χ0) is 13.3. The van der Waals surface area contributed by atoms with Crippen LogP contribution < -0.4 is 5.84 Å². The molecule has 0 aliphatic carbocycles. The molecule has 0 amide bonds. The van der Waals surface area contributed by atoms with E-state index in [4.69, 9.17) is 5.84 Å². The van der Waals surface area contributed by atoms with Crippen molar-refractivity contribution in [2.24, 2.45) is 5.84 Å². The first-order valence-electron chi connectivity index (χ1n) is 5.65. The summed E-state index contributed by atoms with van der Waals surface area (Å²) >= 11 is 0. The minimum atomic E-state index is -0.975. The van der Waals surface area contributed by atoms with Crippen LogP contribution in [0.2, 0.25) is 0 Å². The van der Waals surface area contributed by atoms with Gasteiger partial charge in [-0.2, -0.15) is 0 Å². The van der Waals surface area contributed by atoms with Crippen LogP contribution in [-0.2, 0) is 4.79 Å². The van der Waals surface area contributed by atoms with Gasteiger partial charge in [0.1, 0.15) is 23.7 Å². The van der Waals surface area contributed by atoms with Crippen LogP contribution in [0.15, 0.2) is 12.1 Å². The van der Waals surface area contributed by atoms with Gasteiger partial charge in [-0.1, -0.05) is 0 Å². The second kappa shape index (κ2) is 5.07. The molecule has 0 saturated carbocycles. The molecule has 1 aromatic rings. The number of aldehydes is 1. The molecular weight excluding hydrogens is 245 g/mol. The average Bonchev–Trinajstić information content (AvgIpc) is 2.27. The molecule has 6 heteroatoms. The Hall–Kier alpha value is -1.40. The number of nitrogens with two attached hydrogens (primary N) is 1.